The summed E-state index contributed by atoms with van der Waals surface area (Å²) in [5, 5.41) is 21.4. The average Bonchev–Trinajstić information content (AvgIpc) is 3.43. The molecule has 0 unspecified atom stereocenters. The fraction of sp³-hybridized carbons (Fsp3) is 0.471. The highest BCUT2D eigenvalue weighted by atomic mass is 19.4. The lowest BCUT2D eigenvalue weighted by atomic mass is 9.57. The van der Waals surface area contributed by atoms with E-state index < -0.39 is 24.4 Å². The van der Waals surface area contributed by atoms with Crippen LogP contribution in [0.15, 0.2) is 42.9 Å². The second-order valence-electron chi connectivity index (χ2n) is 13.5. The lowest BCUT2D eigenvalue weighted by Crippen LogP contribution is -2.46. The van der Waals surface area contributed by atoms with Crippen molar-refractivity contribution in [3.05, 3.63) is 59.8 Å². The zero-order valence-corrected chi connectivity index (χ0v) is 27.3. The number of carbonyl (C=O) groups excluding carboxylic acids is 1. The molecule has 2 saturated carbocycles. The van der Waals surface area contributed by atoms with Gasteiger partial charge in [0, 0.05) is 43.5 Å². The van der Waals surface area contributed by atoms with Gasteiger partial charge in [-0.1, -0.05) is 12.1 Å². The lowest BCUT2D eigenvalue weighted by molar-refractivity contribution is -0.192. The number of nitrogens with one attached hydrogen (secondary N) is 3. The molecule has 12 nitrogen and oxygen atoms in total. The van der Waals surface area contributed by atoms with E-state index >= 15 is 0 Å². The summed E-state index contributed by atoms with van der Waals surface area (Å²) in [5.74, 6) is -1.72. The van der Waals surface area contributed by atoms with Crippen LogP contribution in [0.4, 0.5) is 34.8 Å². The van der Waals surface area contributed by atoms with Crippen LogP contribution in [0.1, 0.15) is 53.8 Å². The number of aliphatic carboxylic acids is 1. The Hall–Kier alpha value is -4.86. The topological polar surface area (TPSA) is 150 Å². The Morgan fingerprint density at radius 3 is 2.48 bits per heavy atom. The van der Waals surface area contributed by atoms with Crippen LogP contribution in [0.25, 0.3) is 16.9 Å². The van der Waals surface area contributed by atoms with Crippen molar-refractivity contribution < 1.29 is 32.3 Å². The number of alkyl halides is 4. The molecule has 16 heteroatoms. The number of anilines is 3. The molecule has 4 N–H and O–H groups in total. The van der Waals surface area contributed by atoms with Gasteiger partial charge in [0.25, 0.3) is 5.91 Å². The quantitative estimate of drug-likeness (QED) is 0.200. The molecule has 3 fully saturated rings. The van der Waals surface area contributed by atoms with Gasteiger partial charge in [0.2, 0.25) is 0 Å². The van der Waals surface area contributed by atoms with Crippen LogP contribution in [0.3, 0.4) is 0 Å². The SMILES string of the molecule is CNc1cc(N2CCc3c(-c4cnc(CC5CC6(CCNCC6)C5)cn4)cccc32)nn2c(C(=O)N[C@@H]3C[C@@H]3F)cnc12.O=C(O)C(F)(F)F. The Bertz CT molecular complexity index is 1900. The standard InChI is InChI=1S/C32H36FN9O.C2HF3O2/c1-34-25-13-29(40-42-28(18-38-30(25)42)31(43)39-24-12-23(24)33)41-10-5-22-21(3-2-4-27(22)41)26-17-36-20(16-37-26)11-19-14-32(15-19)6-8-35-9-7-32;3-2(4,5)1(6)7/h2-4,13,16-19,23-24,34-35H,5-12,14-15H2,1H3,(H,39,43);(H,6,7)/t23-,24+;/m0./s1. The predicted molar refractivity (Wildman–Crippen MR) is 176 cm³/mol. The molecule has 4 aliphatic rings. The summed E-state index contributed by atoms with van der Waals surface area (Å²) in [5.41, 5.74) is 7.46. The summed E-state index contributed by atoms with van der Waals surface area (Å²) in [6.07, 6.45) is 6.76. The van der Waals surface area contributed by atoms with Gasteiger partial charge >= 0.3 is 12.1 Å². The zero-order chi connectivity index (χ0) is 35.2. The van der Waals surface area contributed by atoms with Crippen molar-refractivity contribution in [3.8, 4) is 11.3 Å². The molecule has 50 heavy (non-hydrogen) atoms. The number of hydrogen-bond donors (Lipinski definition) is 4. The van der Waals surface area contributed by atoms with E-state index in [-0.39, 0.29) is 11.6 Å². The third-order valence-corrected chi connectivity index (χ3v) is 10.1. The highest BCUT2D eigenvalue weighted by Crippen LogP contribution is 2.52. The number of amides is 1. The molecule has 1 saturated heterocycles. The zero-order valence-electron chi connectivity index (χ0n) is 27.3. The predicted octanol–water partition coefficient (Wildman–Crippen LogP) is 4.72. The van der Waals surface area contributed by atoms with Gasteiger partial charge in [0.15, 0.2) is 17.2 Å². The molecule has 1 amide bonds. The van der Waals surface area contributed by atoms with Crippen LogP contribution in [0.5, 0.6) is 0 Å². The number of aromatic nitrogens is 5. The van der Waals surface area contributed by atoms with Crippen LogP contribution >= 0.6 is 0 Å². The van der Waals surface area contributed by atoms with Gasteiger partial charge < -0.3 is 26.0 Å². The van der Waals surface area contributed by atoms with E-state index in [0.29, 0.717) is 23.3 Å². The van der Waals surface area contributed by atoms with E-state index in [9.17, 15) is 22.4 Å². The molecular weight excluding hydrogens is 658 g/mol. The van der Waals surface area contributed by atoms with Crippen LogP contribution in [0.2, 0.25) is 0 Å². The Kier molecular flexibility index (Phi) is 8.82. The van der Waals surface area contributed by atoms with Gasteiger partial charge in [0.05, 0.1) is 35.5 Å². The van der Waals surface area contributed by atoms with Gasteiger partial charge in [-0.05, 0) is 74.6 Å². The number of fused-ring (bicyclic) bond motifs is 2. The fourth-order valence-corrected chi connectivity index (χ4v) is 7.46. The molecule has 8 rings (SSSR count). The number of nitrogens with zero attached hydrogens (tertiary/aromatic N) is 6. The maximum Gasteiger partial charge on any atom is 0.490 e. The van der Waals surface area contributed by atoms with Crippen molar-refractivity contribution >= 4 is 34.7 Å². The van der Waals surface area contributed by atoms with E-state index in [1.165, 1.54) is 37.4 Å². The van der Waals surface area contributed by atoms with E-state index in [2.05, 4.69) is 38.0 Å². The molecule has 264 valence electrons. The van der Waals surface area contributed by atoms with Crippen molar-refractivity contribution in [1.82, 2.24) is 35.2 Å². The van der Waals surface area contributed by atoms with Crippen molar-refractivity contribution in [2.75, 3.05) is 36.9 Å². The number of carboxylic acids is 1. The summed E-state index contributed by atoms with van der Waals surface area (Å²) in [7, 11) is 1.82. The summed E-state index contributed by atoms with van der Waals surface area (Å²) in [6, 6.07) is 7.78. The van der Waals surface area contributed by atoms with Crippen LogP contribution in [-0.2, 0) is 17.6 Å². The number of benzene rings is 1. The smallest absolute Gasteiger partial charge is 0.475 e. The number of imidazole rings is 1. The summed E-state index contributed by atoms with van der Waals surface area (Å²) in [4.78, 5) is 38.1. The largest absolute Gasteiger partial charge is 0.490 e. The Labute approximate surface area is 284 Å². The first kappa shape index (κ1) is 33.6. The first-order chi connectivity index (χ1) is 23.9. The molecule has 0 bridgehead atoms. The maximum absolute atomic E-state index is 13.4. The van der Waals surface area contributed by atoms with Gasteiger partial charge in [-0.2, -0.15) is 13.2 Å². The fourth-order valence-electron chi connectivity index (χ4n) is 7.46. The number of piperidine rings is 1. The number of rotatable bonds is 7. The van der Waals surface area contributed by atoms with Crippen molar-refractivity contribution in [2.24, 2.45) is 11.3 Å². The molecule has 5 heterocycles. The molecule has 3 aromatic heterocycles. The maximum atomic E-state index is 13.4. The number of carbonyl (C=O) groups is 2. The Morgan fingerprint density at radius 1 is 1.10 bits per heavy atom. The van der Waals surface area contributed by atoms with Crippen molar-refractivity contribution in [2.45, 2.75) is 63.3 Å². The number of halogens is 4. The van der Waals surface area contributed by atoms with E-state index in [1.807, 2.05) is 31.6 Å². The highest BCUT2D eigenvalue weighted by Gasteiger charge is 2.44. The third kappa shape index (κ3) is 6.67. The molecule has 1 aromatic carbocycles. The Balaban J connectivity index is 0.000000510. The normalized spacial score (nSPS) is 20.9. The third-order valence-electron chi connectivity index (χ3n) is 10.1. The van der Waals surface area contributed by atoms with E-state index in [0.717, 1.165) is 66.7 Å². The average molecular weight is 696 g/mol. The van der Waals surface area contributed by atoms with Crippen molar-refractivity contribution in [3.63, 3.8) is 0 Å². The van der Waals surface area contributed by atoms with Crippen LogP contribution < -0.4 is 20.9 Å². The minimum atomic E-state index is -5.08. The van der Waals surface area contributed by atoms with Crippen molar-refractivity contribution in [1.29, 1.82) is 0 Å². The van der Waals surface area contributed by atoms with Gasteiger partial charge in [-0.15, -0.1) is 5.10 Å². The van der Waals surface area contributed by atoms with E-state index in [4.69, 9.17) is 25.0 Å². The second-order valence-corrected chi connectivity index (χ2v) is 13.5. The summed E-state index contributed by atoms with van der Waals surface area (Å²) < 4.78 is 46.7. The Morgan fingerprint density at radius 2 is 1.84 bits per heavy atom. The molecule has 2 aliphatic carbocycles. The first-order valence-corrected chi connectivity index (χ1v) is 16.7. The molecule has 4 aromatic rings. The molecular formula is C34H37F4N9O3. The number of carboxylic acid groups (broad SMARTS) is 1. The number of hydrogen-bond acceptors (Lipinski definition) is 9. The minimum Gasteiger partial charge on any atom is -0.475 e. The summed E-state index contributed by atoms with van der Waals surface area (Å²) >= 11 is 0. The van der Waals surface area contributed by atoms with Gasteiger partial charge in [-0.25, -0.2) is 18.7 Å². The summed E-state index contributed by atoms with van der Waals surface area (Å²) in [6.45, 7) is 3.05. The van der Waals surface area contributed by atoms with E-state index in [1.54, 1.807) is 4.52 Å². The van der Waals surface area contributed by atoms with Crippen LogP contribution in [0, 0.1) is 11.3 Å². The molecule has 0 radical (unpaired) electrons. The molecule has 1 spiro atoms. The molecule has 2 atom stereocenters. The van der Waals surface area contributed by atoms with Gasteiger partial charge in [0.1, 0.15) is 6.17 Å². The van der Waals surface area contributed by atoms with Crippen LogP contribution in [-0.4, -0.2) is 86.6 Å². The second kappa shape index (κ2) is 13.1. The van der Waals surface area contributed by atoms with Gasteiger partial charge in [-0.3, -0.25) is 14.8 Å². The monoisotopic (exact) mass is 695 g/mol. The molecule has 2 aliphatic heterocycles. The first-order valence-electron chi connectivity index (χ1n) is 16.7. The lowest BCUT2D eigenvalue weighted by Gasteiger charge is -2.50. The highest BCUT2D eigenvalue weighted by molar-refractivity contribution is 5.94. The minimum absolute atomic E-state index is 0.281.